The molecule has 0 N–H and O–H groups in total. The molecule has 0 fully saturated rings. The maximum atomic E-state index is 6.05. The molecule has 0 saturated carbocycles. The predicted octanol–water partition coefficient (Wildman–Crippen LogP) is 2.65. The third-order valence-electron chi connectivity index (χ3n) is 2.77. The highest BCUT2D eigenvalue weighted by Gasteiger charge is 2.22. The molecule has 5 nitrogen and oxygen atoms in total. The lowest BCUT2D eigenvalue weighted by atomic mass is 10.1. The number of rotatable bonds is 3. The molecule has 0 aliphatic carbocycles. The van der Waals surface area contributed by atoms with Crippen molar-refractivity contribution in [2.45, 2.75) is 39.7 Å². The van der Waals surface area contributed by atoms with Gasteiger partial charge in [-0.25, -0.2) is 0 Å². The summed E-state index contributed by atoms with van der Waals surface area (Å²) in [6.45, 7) is 7.96. The molecule has 2 heterocycles. The summed E-state index contributed by atoms with van der Waals surface area (Å²) in [5, 5.41) is 4.49. The van der Waals surface area contributed by atoms with Gasteiger partial charge in [0.25, 0.3) is 5.78 Å². The number of ether oxygens (including phenoxy) is 1. The van der Waals surface area contributed by atoms with Gasteiger partial charge in [0.05, 0.1) is 0 Å². The summed E-state index contributed by atoms with van der Waals surface area (Å²) in [5.41, 5.74) is 0.486. The summed E-state index contributed by atoms with van der Waals surface area (Å²) < 4.78 is 7.54. The maximum Gasteiger partial charge on any atom is 0.256 e. The Morgan fingerprint density at radius 3 is 2.82 bits per heavy atom. The van der Waals surface area contributed by atoms with Crippen molar-refractivity contribution in [1.82, 2.24) is 19.6 Å². The average Bonchev–Trinajstić information content (AvgIpc) is 2.72. The lowest BCUT2D eigenvalue weighted by molar-refractivity contribution is 0.0945. The summed E-state index contributed by atoms with van der Waals surface area (Å²) in [4.78, 5) is 8.14. The molecule has 2 aromatic rings. The standard InChI is InChI=1S/C11H15ClN4O/c1-5-11(3,4)17-9-7(2)8(12)15-10-13-6-14-16(9)10/h6H,5H2,1-4H3. The van der Waals surface area contributed by atoms with Gasteiger partial charge in [0.1, 0.15) is 17.1 Å². The lowest BCUT2D eigenvalue weighted by Gasteiger charge is -2.25. The molecule has 0 unspecified atom stereocenters. The smallest absolute Gasteiger partial charge is 0.256 e. The minimum Gasteiger partial charge on any atom is -0.471 e. The second-order valence-corrected chi connectivity index (χ2v) is 4.88. The van der Waals surface area contributed by atoms with Crippen LogP contribution in [0.1, 0.15) is 32.8 Å². The summed E-state index contributed by atoms with van der Waals surface area (Å²) in [6.07, 6.45) is 2.31. The van der Waals surface area contributed by atoms with Crippen molar-refractivity contribution in [2.75, 3.05) is 0 Å². The zero-order valence-corrected chi connectivity index (χ0v) is 11.1. The Labute approximate surface area is 105 Å². The van der Waals surface area contributed by atoms with Crippen LogP contribution in [-0.2, 0) is 0 Å². The highest BCUT2D eigenvalue weighted by atomic mass is 35.5. The van der Waals surface area contributed by atoms with Gasteiger partial charge in [0.2, 0.25) is 5.88 Å². The molecular formula is C11H15ClN4O. The van der Waals surface area contributed by atoms with Gasteiger partial charge in [-0.3, -0.25) is 0 Å². The second kappa shape index (κ2) is 4.14. The van der Waals surface area contributed by atoms with Gasteiger partial charge in [-0.2, -0.15) is 19.6 Å². The molecule has 2 rings (SSSR count). The SMILES string of the molecule is CCC(C)(C)Oc1c(C)c(Cl)nc2ncnn12. The topological polar surface area (TPSA) is 52.3 Å². The highest BCUT2D eigenvalue weighted by molar-refractivity contribution is 6.30. The van der Waals surface area contributed by atoms with E-state index < -0.39 is 0 Å². The van der Waals surface area contributed by atoms with E-state index in [-0.39, 0.29) is 5.60 Å². The Bertz CT molecular complexity index is 550. The Balaban J connectivity index is 2.58. The number of hydrogen-bond donors (Lipinski definition) is 0. The summed E-state index contributed by atoms with van der Waals surface area (Å²) in [5.74, 6) is 1.05. The fourth-order valence-electron chi connectivity index (χ4n) is 1.33. The van der Waals surface area contributed by atoms with Gasteiger partial charge < -0.3 is 4.74 Å². The van der Waals surface area contributed by atoms with E-state index in [9.17, 15) is 0 Å². The molecule has 2 aromatic heterocycles. The number of aromatic nitrogens is 4. The molecule has 6 heteroatoms. The van der Waals surface area contributed by atoms with E-state index in [4.69, 9.17) is 16.3 Å². The maximum absolute atomic E-state index is 6.05. The van der Waals surface area contributed by atoms with Crippen molar-refractivity contribution < 1.29 is 4.74 Å². The lowest BCUT2D eigenvalue weighted by Crippen LogP contribution is -2.28. The molecule has 0 radical (unpaired) electrons. The average molecular weight is 255 g/mol. The van der Waals surface area contributed by atoms with Crippen LogP contribution >= 0.6 is 11.6 Å². The Morgan fingerprint density at radius 2 is 2.18 bits per heavy atom. The molecular weight excluding hydrogens is 240 g/mol. The molecule has 0 amide bonds. The molecule has 92 valence electrons. The van der Waals surface area contributed by atoms with Crippen molar-refractivity contribution in [3.63, 3.8) is 0 Å². The van der Waals surface area contributed by atoms with E-state index in [1.807, 2.05) is 20.8 Å². The summed E-state index contributed by atoms with van der Waals surface area (Å²) in [7, 11) is 0. The van der Waals surface area contributed by atoms with E-state index in [1.54, 1.807) is 4.52 Å². The van der Waals surface area contributed by atoms with E-state index >= 15 is 0 Å². The van der Waals surface area contributed by atoms with Crippen LogP contribution in [0.4, 0.5) is 0 Å². The normalized spacial score (nSPS) is 12.1. The zero-order valence-electron chi connectivity index (χ0n) is 10.4. The van der Waals surface area contributed by atoms with E-state index in [2.05, 4.69) is 22.0 Å². The number of hydrogen-bond acceptors (Lipinski definition) is 4. The fraction of sp³-hybridized carbons (Fsp3) is 0.545. The molecule has 0 aliphatic rings. The van der Waals surface area contributed by atoms with Crippen LogP contribution in [0.3, 0.4) is 0 Å². The number of fused-ring (bicyclic) bond motifs is 1. The Hall–Kier alpha value is -1.36. The van der Waals surface area contributed by atoms with Gasteiger partial charge in [0.15, 0.2) is 0 Å². The van der Waals surface area contributed by atoms with Crippen LogP contribution < -0.4 is 4.74 Å². The molecule has 0 saturated heterocycles. The zero-order chi connectivity index (χ0) is 12.6. The minimum atomic E-state index is -0.283. The molecule has 0 bridgehead atoms. The monoisotopic (exact) mass is 254 g/mol. The van der Waals surface area contributed by atoms with Crippen molar-refractivity contribution in [3.05, 3.63) is 17.0 Å². The largest absolute Gasteiger partial charge is 0.471 e. The quantitative estimate of drug-likeness (QED) is 0.791. The first-order chi connectivity index (χ1) is 7.94. The van der Waals surface area contributed by atoms with Crippen LogP contribution in [0, 0.1) is 6.92 Å². The van der Waals surface area contributed by atoms with Gasteiger partial charge in [-0.05, 0) is 27.2 Å². The fourth-order valence-corrected chi connectivity index (χ4v) is 1.48. The summed E-state index contributed by atoms with van der Waals surface area (Å²) >= 11 is 6.05. The first-order valence-corrected chi connectivity index (χ1v) is 5.87. The van der Waals surface area contributed by atoms with Crippen molar-refractivity contribution in [3.8, 4) is 5.88 Å². The van der Waals surface area contributed by atoms with Crippen molar-refractivity contribution in [2.24, 2.45) is 0 Å². The Morgan fingerprint density at radius 1 is 1.47 bits per heavy atom. The van der Waals surface area contributed by atoms with Crippen molar-refractivity contribution in [1.29, 1.82) is 0 Å². The van der Waals surface area contributed by atoms with Crippen molar-refractivity contribution >= 4 is 17.4 Å². The first kappa shape index (κ1) is 12.1. The van der Waals surface area contributed by atoms with Crippen LogP contribution in [0.25, 0.3) is 5.78 Å². The van der Waals surface area contributed by atoms with Crippen LogP contribution in [0.2, 0.25) is 5.15 Å². The van der Waals surface area contributed by atoms with Crippen LogP contribution in [0.5, 0.6) is 5.88 Å². The van der Waals surface area contributed by atoms with Gasteiger partial charge in [-0.15, -0.1) is 0 Å². The minimum absolute atomic E-state index is 0.283. The van der Waals surface area contributed by atoms with Crippen LogP contribution in [0.15, 0.2) is 6.33 Å². The molecule has 0 aromatic carbocycles. The molecule has 0 spiro atoms. The molecule has 17 heavy (non-hydrogen) atoms. The van der Waals surface area contributed by atoms with E-state index in [0.717, 1.165) is 12.0 Å². The van der Waals surface area contributed by atoms with Crippen LogP contribution in [-0.4, -0.2) is 25.2 Å². The summed E-state index contributed by atoms with van der Waals surface area (Å²) in [6, 6.07) is 0. The van der Waals surface area contributed by atoms with E-state index in [0.29, 0.717) is 16.8 Å². The highest BCUT2D eigenvalue weighted by Crippen LogP contribution is 2.28. The number of halogens is 1. The van der Waals surface area contributed by atoms with Gasteiger partial charge >= 0.3 is 0 Å². The third-order valence-corrected chi connectivity index (χ3v) is 3.14. The third kappa shape index (κ3) is 2.20. The molecule has 0 aliphatic heterocycles. The Kier molecular flexibility index (Phi) is 2.95. The predicted molar refractivity (Wildman–Crippen MR) is 65.5 cm³/mol. The van der Waals surface area contributed by atoms with Gasteiger partial charge in [0, 0.05) is 5.56 Å². The second-order valence-electron chi connectivity index (χ2n) is 4.52. The van der Waals surface area contributed by atoms with E-state index in [1.165, 1.54) is 6.33 Å². The number of nitrogens with zero attached hydrogens (tertiary/aromatic N) is 4. The molecule has 0 atom stereocenters. The first-order valence-electron chi connectivity index (χ1n) is 5.49. The van der Waals surface area contributed by atoms with Gasteiger partial charge in [-0.1, -0.05) is 18.5 Å².